The Labute approximate surface area is 86.1 Å². The van der Waals surface area contributed by atoms with E-state index >= 15 is 0 Å². The van der Waals surface area contributed by atoms with Crippen molar-refractivity contribution in [1.82, 2.24) is 4.98 Å². The number of nitrogens with zero attached hydrogens (tertiary/aromatic N) is 1. The number of pyridine rings is 1. The van der Waals surface area contributed by atoms with E-state index in [1.54, 1.807) is 19.3 Å². The van der Waals surface area contributed by atoms with E-state index in [0.29, 0.717) is 0 Å². The van der Waals surface area contributed by atoms with Crippen molar-refractivity contribution in [3.05, 3.63) is 28.0 Å². The summed E-state index contributed by atoms with van der Waals surface area (Å²) in [4.78, 5) is 4.01. The highest BCUT2D eigenvalue weighted by Gasteiger charge is 2.15. The van der Waals surface area contributed by atoms with Gasteiger partial charge in [-0.1, -0.05) is 0 Å². The van der Waals surface area contributed by atoms with Crippen molar-refractivity contribution in [2.45, 2.75) is 26.0 Å². The van der Waals surface area contributed by atoms with Gasteiger partial charge in [-0.3, -0.25) is 4.98 Å². The summed E-state index contributed by atoms with van der Waals surface area (Å²) in [5.41, 5.74) is 7.71. The highest BCUT2D eigenvalue weighted by Crippen LogP contribution is 2.23. The minimum Gasteiger partial charge on any atom is -0.391 e. The molecule has 4 heteroatoms. The Kier molecular flexibility index (Phi) is 3.41. The standard InChI is InChI=1S/C9H13BrN2O/c1-5-7(9(11)6(2)13)3-12-4-8(5)10/h3-4,6,9,13H,11H2,1-2H3/t6-,9+/m0/s1. The molecule has 0 radical (unpaired) electrons. The van der Waals surface area contributed by atoms with Gasteiger partial charge in [0.05, 0.1) is 12.1 Å². The second-order valence-corrected chi connectivity index (χ2v) is 3.96. The van der Waals surface area contributed by atoms with Crippen LogP contribution in [0, 0.1) is 6.92 Å². The Morgan fingerprint density at radius 3 is 2.69 bits per heavy atom. The molecule has 0 amide bonds. The zero-order chi connectivity index (χ0) is 10.0. The lowest BCUT2D eigenvalue weighted by Gasteiger charge is -2.17. The van der Waals surface area contributed by atoms with Crippen molar-refractivity contribution < 1.29 is 5.11 Å². The van der Waals surface area contributed by atoms with E-state index in [4.69, 9.17) is 5.73 Å². The first-order valence-corrected chi connectivity index (χ1v) is 4.87. The average Bonchev–Trinajstić information content (AvgIpc) is 2.08. The van der Waals surface area contributed by atoms with Gasteiger partial charge in [-0.15, -0.1) is 0 Å². The molecule has 0 aliphatic carbocycles. The molecule has 1 heterocycles. The van der Waals surface area contributed by atoms with Gasteiger partial charge in [-0.2, -0.15) is 0 Å². The molecule has 0 bridgehead atoms. The Bertz CT molecular complexity index is 302. The predicted octanol–water partition coefficient (Wildman–Crippen LogP) is 1.53. The summed E-state index contributed by atoms with van der Waals surface area (Å²) in [5, 5.41) is 9.32. The number of aliphatic hydroxyl groups is 1. The maximum absolute atomic E-state index is 9.32. The smallest absolute Gasteiger partial charge is 0.0705 e. The highest BCUT2D eigenvalue weighted by molar-refractivity contribution is 9.10. The molecule has 0 aliphatic heterocycles. The average molecular weight is 245 g/mol. The Balaban J connectivity index is 3.07. The van der Waals surface area contributed by atoms with Crippen LogP contribution in [0.1, 0.15) is 24.1 Å². The molecule has 13 heavy (non-hydrogen) atoms. The summed E-state index contributed by atoms with van der Waals surface area (Å²) in [5.74, 6) is 0. The molecule has 0 saturated heterocycles. The summed E-state index contributed by atoms with van der Waals surface area (Å²) >= 11 is 3.36. The third-order valence-corrected chi connectivity index (χ3v) is 2.87. The summed E-state index contributed by atoms with van der Waals surface area (Å²) < 4.78 is 0.918. The van der Waals surface area contributed by atoms with Crippen molar-refractivity contribution in [2.75, 3.05) is 0 Å². The monoisotopic (exact) mass is 244 g/mol. The minimum absolute atomic E-state index is 0.370. The van der Waals surface area contributed by atoms with Gasteiger partial charge in [-0.05, 0) is 40.9 Å². The lowest BCUT2D eigenvalue weighted by atomic mass is 10.0. The molecule has 0 spiro atoms. The van der Waals surface area contributed by atoms with Crippen LogP contribution in [0.15, 0.2) is 16.9 Å². The number of nitrogens with two attached hydrogens (primary N) is 1. The topological polar surface area (TPSA) is 59.1 Å². The highest BCUT2D eigenvalue weighted by atomic mass is 79.9. The number of halogens is 1. The quantitative estimate of drug-likeness (QED) is 0.830. The predicted molar refractivity (Wildman–Crippen MR) is 55.3 cm³/mol. The zero-order valence-electron chi connectivity index (χ0n) is 7.66. The second-order valence-electron chi connectivity index (χ2n) is 3.10. The summed E-state index contributed by atoms with van der Waals surface area (Å²) in [6, 6.07) is -0.370. The summed E-state index contributed by atoms with van der Waals surface area (Å²) in [7, 11) is 0. The lowest BCUT2D eigenvalue weighted by molar-refractivity contribution is 0.164. The molecule has 1 rings (SSSR count). The van der Waals surface area contributed by atoms with Crippen LogP contribution in [0.2, 0.25) is 0 Å². The van der Waals surface area contributed by atoms with Crippen LogP contribution in [-0.2, 0) is 0 Å². The molecule has 1 aromatic rings. The molecule has 3 nitrogen and oxygen atoms in total. The van der Waals surface area contributed by atoms with Crippen LogP contribution in [0.5, 0.6) is 0 Å². The molecule has 0 fully saturated rings. The Morgan fingerprint density at radius 2 is 2.15 bits per heavy atom. The number of hydrogen-bond acceptors (Lipinski definition) is 3. The maximum atomic E-state index is 9.32. The molecule has 2 atom stereocenters. The summed E-state index contributed by atoms with van der Waals surface area (Å²) in [6.07, 6.45) is 2.85. The van der Waals surface area contributed by atoms with E-state index in [1.165, 1.54) is 0 Å². The van der Waals surface area contributed by atoms with E-state index in [2.05, 4.69) is 20.9 Å². The van der Waals surface area contributed by atoms with E-state index in [1.807, 2.05) is 6.92 Å². The van der Waals surface area contributed by atoms with E-state index in [0.717, 1.165) is 15.6 Å². The van der Waals surface area contributed by atoms with Crippen molar-refractivity contribution >= 4 is 15.9 Å². The first-order valence-electron chi connectivity index (χ1n) is 4.07. The van der Waals surface area contributed by atoms with Crippen molar-refractivity contribution in [3.63, 3.8) is 0 Å². The third kappa shape index (κ3) is 2.27. The van der Waals surface area contributed by atoms with Gasteiger partial charge in [0, 0.05) is 16.9 Å². The number of hydrogen-bond donors (Lipinski definition) is 2. The normalized spacial score (nSPS) is 15.5. The first kappa shape index (κ1) is 10.6. The molecule has 0 aromatic carbocycles. The second kappa shape index (κ2) is 4.17. The minimum atomic E-state index is -0.560. The third-order valence-electron chi connectivity index (χ3n) is 2.07. The fraction of sp³-hybridized carbons (Fsp3) is 0.444. The lowest BCUT2D eigenvalue weighted by Crippen LogP contribution is -2.24. The molecule has 72 valence electrons. The van der Waals surface area contributed by atoms with Crippen molar-refractivity contribution in [1.29, 1.82) is 0 Å². The van der Waals surface area contributed by atoms with E-state index < -0.39 is 6.10 Å². The summed E-state index contributed by atoms with van der Waals surface area (Å²) in [6.45, 7) is 3.62. The molecule has 0 saturated carbocycles. The molecule has 0 aliphatic rings. The van der Waals surface area contributed by atoms with Crippen molar-refractivity contribution in [2.24, 2.45) is 5.73 Å². The Morgan fingerprint density at radius 1 is 1.54 bits per heavy atom. The fourth-order valence-corrected chi connectivity index (χ4v) is 1.46. The Hall–Kier alpha value is -0.450. The SMILES string of the molecule is Cc1c(Br)cncc1[C@H](N)[C@H](C)O. The van der Waals surface area contributed by atoms with Gasteiger partial charge < -0.3 is 10.8 Å². The maximum Gasteiger partial charge on any atom is 0.0705 e. The fourth-order valence-electron chi connectivity index (χ4n) is 1.11. The number of aromatic nitrogens is 1. The van der Waals surface area contributed by atoms with Crippen LogP contribution in [0.25, 0.3) is 0 Å². The van der Waals surface area contributed by atoms with Gasteiger partial charge in [0.2, 0.25) is 0 Å². The number of aliphatic hydroxyl groups excluding tert-OH is 1. The van der Waals surface area contributed by atoms with Crippen LogP contribution in [0.3, 0.4) is 0 Å². The first-order chi connectivity index (χ1) is 6.04. The zero-order valence-corrected chi connectivity index (χ0v) is 9.25. The largest absolute Gasteiger partial charge is 0.391 e. The van der Waals surface area contributed by atoms with Gasteiger partial charge in [-0.25, -0.2) is 0 Å². The van der Waals surface area contributed by atoms with E-state index in [-0.39, 0.29) is 6.04 Å². The molecule has 3 N–H and O–H groups in total. The number of rotatable bonds is 2. The molecule has 0 unspecified atom stereocenters. The van der Waals surface area contributed by atoms with Crippen LogP contribution in [-0.4, -0.2) is 16.2 Å². The van der Waals surface area contributed by atoms with Crippen LogP contribution >= 0.6 is 15.9 Å². The van der Waals surface area contributed by atoms with Gasteiger partial charge in [0.1, 0.15) is 0 Å². The molecular weight excluding hydrogens is 232 g/mol. The van der Waals surface area contributed by atoms with Gasteiger partial charge >= 0.3 is 0 Å². The molecule has 1 aromatic heterocycles. The van der Waals surface area contributed by atoms with Crippen molar-refractivity contribution in [3.8, 4) is 0 Å². The van der Waals surface area contributed by atoms with Crippen LogP contribution in [0.4, 0.5) is 0 Å². The van der Waals surface area contributed by atoms with E-state index in [9.17, 15) is 5.11 Å². The van der Waals surface area contributed by atoms with Gasteiger partial charge in [0.15, 0.2) is 0 Å². The molecular formula is C9H13BrN2O. The van der Waals surface area contributed by atoms with Crippen LogP contribution < -0.4 is 5.73 Å². The van der Waals surface area contributed by atoms with Gasteiger partial charge in [0.25, 0.3) is 0 Å².